The van der Waals surface area contributed by atoms with Gasteiger partial charge in [-0.1, -0.05) is 12.1 Å². The number of benzene rings is 1. The van der Waals surface area contributed by atoms with Gasteiger partial charge >= 0.3 is 0 Å². The Hall–Kier alpha value is -2.65. The molecule has 1 unspecified atom stereocenters. The van der Waals surface area contributed by atoms with E-state index in [2.05, 4.69) is 5.32 Å². The molecule has 0 bridgehead atoms. The van der Waals surface area contributed by atoms with E-state index in [1.807, 2.05) is 13.0 Å². The van der Waals surface area contributed by atoms with Crippen LogP contribution in [0.25, 0.3) is 0 Å². The number of nitrogens with zero attached hydrogens (tertiary/aromatic N) is 2. The van der Waals surface area contributed by atoms with Crippen molar-refractivity contribution in [2.45, 2.75) is 50.9 Å². The Morgan fingerprint density at radius 1 is 1.19 bits per heavy atom. The molecule has 1 N–H and O–H groups in total. The Morgan fingerprint density at radius 2 is 1.97 bits per heavy atom. The Kier molecular flexibility index (Phi) is 6.15. The van der Waals surface area contributed by atoms with Crippen molar-refractivity contribution in [3.8, 4) is 0 Å². The fourth-order valence-electron chi connectivity index (χ4n) is 4.18. The van der Waals surface area contributed by atoms with Crippen LogP contribution in [0.4, 0.5) is 5.69 Å². The van der Waals surface area contributed by atoms with Crippen LogP contribution in [0.2, 0.25) is 0 Å². The maximum absolute atomic E-state index is 12.9. The highest BCUT2D eigenvalue weighted by atomic mass is 32.2. The first-order chi connectivity index (χ1) is 14.8. The monoisotopic (exact) mass is 445 g/mol. The molecule has 9 heteroatoms. The summed E-state index contributed by atoms with van der Waals surface area (Å²) in [5, 5.41) is 2.85. The second kappa shape index (κ2) is 8.84. The molecule has 3 heterocycles. The Bertz CT molecular complexity index is 1070. The van der Waals surface area contributed by atoms with Crippen LogP contribution in [0.1, 0.15) is 42.8 Å². The average molecular weight is 446 g/mol. The molecule has 8 nitrogen and oxygen atoms in total. The Balaban J connectivity index is 1.43. The van der Waals surface area contributed by atoms with E-state index in [0.717, 1.165) is 18.6 Å². The third-order valence-electron chi connectivity index (χ3n) is 5.76. The molecule has 31 heavy (non-hydrogen) atoms. The summed E-state index contributed by atoms with van der Waals surface area (Å²) in [6.45, 7) is 3.22. The van der Waals surface area contributed by atoms with Crippen molar-refractivity contribution in [1.29, 1.82) is 0 Å². The number of furan rings is 1. The molecular weight excluding hydrogens is 418 g/mol. The van der Waals surface area contributed by atoms with Gasteiger partial charge in [0.25, 0.3) is 0 Å². The number of nitrogens with one attached hydrogen (secondary N) is 1. The number of aryl methyl sites for hydroxylation is 1. The molecule has 1 aromatic heterocycles. The van der Waals surface area contributed by atoms with Gasteiger partial charge in [-0.25, -0.2) is 12.7 Å². The predicted octanol–water partition coefficient (Wildman–Crippen LogP) is 2.64. The van der Waals surface area contributed by atoms with Crippen LogP contribution in [0.5, 0.6) is 0 Å². The van der Waals surface area contributed by atoms with Crippen molar-refractivity contribution in [3.05, 3.63) is 53.5 Å². The molecular formula is C22H27N3O5S. The number of carbonyl (C=O) groups excluding carboxylic acids is 2. The van der Waals surface area contributed by atoms with Gasteiger partial charge in [0, 0.05) is 25.2 Å². The van der Waals surface area contributed by atoms with Gasteiger partial charge in [0.2, 0.25) is 21.8 Å². The highest BCUT2D eigenvalue weighted by Gasteiger charge is 2.36. The molecule has 166 valence electrons. The largest absolute Gasteiger partial charge is 0.464 e. The van der Waals surface area contributed by atoms with Crippen LogP contribution in [0.15, 0.2) is 40.8 Å². The minimum absolute atomic E-state index is 0.0836. The second-order valence-electron chi connectivity index (χ2n) is 8.14. The van der Waals surface area contributed by atoms with E-state index in [9.17, 15) is 18.0 Å². The van der Waals surface area contributed by atoms with Crippen LogP contribution in [-0.4, -0.2) is 48.6 Å². The van der Waals surface area contributed by atoms with Gasteiger partial charge in [-0.3, -0.25) is 9.59 Å². The molecule has 2 aliphatic rings. The zero-order valence-corrected chi connectivity index (χ0v) is 18.4. The van der Waals surface area contributed by atoms with Crippen molar-refractivity contribution >= 4 is 27.5 Å². The summed E-state index contributed by atoms with van der Waals surface area (Å²) in [5.41, 5.74) is 1.14. The van der Waals surface area contributed by atoms with E-state index in [0.29, 0.717) is 42.9 Å². The highest BCUT2D eigenvalue weighted by molar-refractivity contribution is 7.88. The summed E-state index contributed by atoms with van der Waals surface area (Å²) >= 11 is 0. The van der Waals surface area contributed by atoms with Crippen LogP contribution in [0, 0.1) is 6.92 Å². The Morgan fingerprint density at radius 3 is 2.68 bits per heavy atom. The highest BCUT2D eigenvalue weighted by Crippen LogP contribution is 2.24. The molecule has 0 radical (unpaired) electrons. The van der Waals surface area contributed by atoms with Crippen molar-refractivity contribution in [1.82, 2.24) is 9.21 Å². The molecule has 2 aliphatic heterocycles. The van der Waals surface area contributed by atoms with Gasteiger partial charge in [0.1, 0.15) is 17.6 Å². The quantitative estimate of drug-likeness (QED) is 0.706. The normalized spacial score (nSPS) is 19.8. The van der Waals surface area contributed by atoms with Gasteiger partial charge < -0.3 is 14.6 Å². The number of sulfonamides is 1. The third kappa shape index (κ3) is 4.99. The number of likely N-dealkylation sites (tertiary alicyclic amines) is 1. The van der Waals surface area contributed by atoms with E-state index in [1.54, 1.807) is 30.3 Å². The van der Waals surface area contributed by atoms with E-state index >= 15 is 0 Å². The number of carbonyl (C=O) groups is 2. The molecule has 0 saturated carbocycles. The van der Waals surface area contributed by atoms with Gasteiger partial charge in [-0.2, -0.15) is 0 Å². The zero-order chi connectivity index (χ0) is 22.0. The average Bonchev–Trinajstić information content (AvgIpc) is 3.45. The maximum atomic E-state index is 12.9. The molecule has 2 fully saturated rings. The molecule has 2 saturated heterocycles. The summed E-state index contributed by atoms with van der Waals surface area (Å²) in [4.78, 5) is 26.8. The molecule has 1 aromatic carbocycles. The fourth-order valence-corrected chi connectivity index (χ4v) is 5.77. The van der Waals surface area contributed by atoms with Gasteiger partial charge in [-0.05, 0) is 56.0 Å². The van der Waals surface area contributed by atoms with Gasteiger partial charge in [-0.15, -0.1) is 0 Å². The lowest BCUT2D eigenvalue weighted by molar-refractivity contribution is -0.134. The molecule has 0 spiro atoms. The van der Waals surface area contributed by atoms with Crippen molar-refractivity contribution in [2.75, 3.05) is 18.4 Å². The topological polar surface area (TPSA) is 99.9 Å². The number of rotatable bonds is 7. The first kappa shape index (κ1) is 21.6. The smallest absolute Gasteiger partial charge is 0.247 e. The third-order valence-corrected chi connectivity index (χ3v) is 7.61. The van der Waals surface area contributed by atoms with Crippen molar-refractivity contribution in [3.63, 3.8) is 0 Å². The summed E-state index contributed by atoms with van der Waals surface area (Å²) in [6, 6.07) is 9.92. The van der Waals surface area contributed by atoms with Crippen molar-refractivity contribution < 1.29 is 22.4 Å². The maximum Gasteiger partial charge on any atom is 0.247 e. The zero-order valence-electron chi connectivity index (χ0n) is 17.5. The molecule has 4 rings (SSSR count). The molecule has 1 atom stereocenters. The minimum Gasteiger partial charge on any atom is -0.464 e. The van der Waals surface area contributed by atoms with E-state index in [4.69, 9.17) is 4.42 Å². The van der Waals surface area contributed by atoms with Crippen LogP contribution >= 0.6 is 0 Å². The fraction of sp³-hybridized carbons (Fsp3) is 0.455. The van der Waals surface area contributed by atoms with Crippen LogP contribution in [0.3, 0.4) is 0 Å². The summed E-state index contributed by atoms with van der Waals surface area (Å²) in [7, 11) is -3.37. The van der Waals surface area contributed by atoms with Crippen LogP contribution < -0.4 is 5.32 Å². The summed E-state index contributed by atoms with van der Waals surface area (Å²) in [6.07, 6.45) is 2.53. The van der Waals surface area contributed by atoms with Gasteiger partial charge in [0.15, 0.2) is 0 Å². The SMILES string of the molecule is Cc1ccc(CN2C(=O)CCC2C(=O)Nc2cccc(CS(=O)(=O)N3CCCC3)c2)o1. The summed E-state index contributed by atoms with van der Waals surface area (Å²) < 4.78 is 32.3. The number of anilines is 1. The lowest BCUT2D eigenvalue weighted by Gasteiger charge is -2.23. The standard InChI is InChI=1S/C22H27N3O5S/c1-16-7-8-19(30-16)14-25-20(9-10-21(25)26)22(27)23-18-6-4-5-17(13-18)15-31(28,29)24-11-2-3-12-24/h4-8,13,20H,2-3,9-12,14-15H2,1H3,(H,23,27). The minimum atomic E-state index is -3.37. The van der Waals surface area contributed by atoms with Crippen molar-refractivity contribution in [2.24, 2.45) is 0 Å². The number of hydrogen-bond donors (Lipinski definition) is 1. The first-order valence-electron chi connectivity index (χ1n) is 10.5. The van der Waals surface area contributed by atoms with E-state index in [1.165, 1.54) is 9.21 Å². The van der Waals surface area contributed by atoms with Crippen LogP contribution in [-0.2, 0) is 31.9 Å². The van der Waals surface area contributed by atoms with E-state index < -0.39 is 16.1 Å². The second-order valence-corrected chi connectivity index (χ2v) is 10.1. The lowest BCUT2D eigenvalue weighted by Crippen LogP contribution is -2.41. The molecule has 0 aliphatic carbocycles. The van der Waals surface area contributed by atoms with E-state index in [-0.39, 0.29) is 24.1 Å². The molecule has 2 amide bonds. The lowest BCUT2D eigenvalue weighted by atomic mass is 10.1. The molecule has 2 aromatic rings. The first-order valence-corrected chi connectivity index (χ1v) is 12.2. The Labute approximate surface area is 182 Å². The predicted molar refractivity (Wildman–Crippen MR) is 116 cm³/mol. The number of hydrogen-bond acceptors (Lipinski definition) is 5. The number of amides is 2. The van der Waals surface area contributed by atoms with Gasteiger partial charge in [0.05, 0.1) is 12.3 Å². The summed E-state index contributed by atoms with van der Waals surface area (Å²) in [5.74, 6) is 0.930.